The monoisotopic (exact) mass is 801 g/mol. The first-order valence-corrected chi connectivity index (χ1v) is 22.2. The van der Waals surface area contributed by atoms with Crippen LogP contribution in [0, 0.1) is 6.92 Å². The Morgan fingerprint density at radius 2 is 0.932 bits per heavy atom. The quantitative estimate of drug-likeness (QED) is 0.125. The summed E-state index contributed by atoms with van der Waals surface area (Å²) in [7, 11) is -2.75. The van der Waals surface area contributed by atoms with Gasteiger partial charge in [-0.3, -0.25) is 4.79 Å². The van der Waals surface area contributed by atoms with E-state index in [2.05, 4.69) is 164 Å². The van der Waals surface area contributed by atoms with Crippen LogP contribution in [0.3, 0.4) is 0 Å². The summed E-state index contributed by atoms with van der Waals surface area (Å²) >= 11 is 0. The highest BCUT2D eigenvalue weighted by molar-refractivity contribution is 7.69. The second kappa shape index (κ2) is 17.5. The number of nitrogens with one attached hydrogen (secondary N) is 1. The molecule has 0 aliphatic carbocycles. The molecule has 0 heterocycles. The second-order valence-electron chi connectivity index (χ2n) is 14.3. The standard InChI is InChI=1S/C53H41NO3P2/c1-38-30-32-39(33-31-38)37-54-53(55)48-36-41-19-15-17-29-47(41)51(52(48)57-59(44-24-10-4-11-25-44)45-26-12-5-13-27-45)50-46-28-16-14-18-40(46)34-35-49(50)56-58(42-20-6-2-7-21-42)43-22-8-3-9-23-43/h2-36H,37H2,1H3,(H,54,55). The first-order chi connectivity index (χ1) is 29.1. The van der Waals surface area contributed by atoms with Crippen LogP contribution in [-0.4, -0.2) is 5.91 Å². The zero-order valence-corrected chi connectivity index (χ0v) is 34.3. The summed E-state index contributed by atoms with van der Waals surface area (Å²) < 4.78 is 14.9. The van der Waals surface area contributed by atoms with E-state index in [1.54, 1.807) is 0 Å². The van der Waals surface area contributed by atoms with Crippen LogP contribution >= 0.6 is 16.3 Å². The van der Waals surface area contributed by atoms with E-state index in [0.717, 1.165) is 59.5 Å². The molecule has 6 heteroatoms. The predicted molar refractivity (Wildman–Crippen MR) is 249 cm³/mol. The highest BCUT2D eigenvalue weighted by Crippen LogP contribution is 2.52. The van der Waals surface area contributed by atoms with Crippen molar-refractivity contribution in [1.29, 1.82) is 0 Å². The lowest BCUT2D eigenvalue weighted by atomic mass is 9.90. The highest BCUT2D eigenvalue weighted by atomic mass is 31.1. The van der Waals surface area contributed by atoms with E-state index in [1.807, 2.05) is 60.7 Å². The van der Waals surface area contributed by atoms with E-state index < -0.39 is 16.3 Å². The summed E-state index contributed by atoms with van der Waals surface area (Å²) in [5, 5.41) is 11.4. The van der Waals surface area contributed by atoms with Crippen LogP contribution in [0.2, 0.25) is 0 Å². The van der Waals surface area contributed by atoms with Gasteiger partial charge in [0.05, 0.1) is 5.56 Å². The SMILES string of the molecule is Cc1ccc(CNC(=O)c2cc3ccccc3c(-c3c(OP(c4ccccc4)c4ccccc4)ccc4ccccc34)c2OP(c2ccccc2)c2ccccc2)cc1. The number of aryl methyl sites for hydroxylation is 1. The number of hydrogen-bond acceptors (Lipinski definition) is 3. The van der Waals surface area contributed by atoms with Gasteiger partial charge in [0.2, 0.25) is 0 Å². The summed E-state index contributed by atoms with van der Waals surface area (Å²) in [6.45, 7) is 2.43. The van der Waals surface area contributed by atoms with Crippen molar-refractivity contribution in [2.75, 3.05) is 0 Å². The lowest BCUT2D eigenvalue weighted by Gasteiger charge is -2.27. The fourth-order valence-corrected chi connectivity index (χ4v) is 10.9. The lowest BCUT2D eigenvalue weighted by molar-refractivity contribution is 0.0949. The van der Waals surface area contributed by atoms with Gasteiger partial charge in [0, 0.05) is 38.9 Å². The predicted octanol–water partition coefficient (Wildman–Crippen LogP) is 11.8. The van der Waals surface area contributed by atoms with Crippen LogP contribution in [0.4, 0.5) is 0 Å². The average Bonchev–Trinajstić information content (AvgIpc) is 3.30. The van der Waals surface area contributed by atoms with E-state index in [1.165, 1.54) is 5.56 Å². The van der Waals surface area contributed by atoms with Crippen LogP contribution in [0.15, 0.2) is 212 Å². The third kappa shape index (κ3) is 8.25. The third-order valence-electron chi connectivity index (χ3n) is 10.3. The Labute approximate surface area is 347 Å². The molecular weight excluding hydrogens is 761 g/mol. The third-order valence-corrected chi connectivity index (χ3v) is 14.1. The molecule has 1 N–H and O–H groups in total. The van der Waals surface area contributed by atoms with Crippen molar-refractivity contribution in [2.45, 2.75) is 13.5 Å². The minimum atomic E-state index is -1.45. The molecule has 286 valence electrons. The fraction of sp³-hybridized carbons (Fsp3) is 0.0377. The molecule has 0 spiro atoms. The van der Waals surface area contributed by atoms with Crippen LogP contribution in [0.1, 0.15) is 21.5 Å². The molecule has 0 unspecified atom stereocenters. The summed E-state index contributed by atoms with van der Waals surface area (Å²) in [5.41, 5.74) is 4.32. The Balaban J connectivity index is 1.31. The minimum absolute atomic E-state index is 0.220. The molecule has 0 atom stereocenters. The number of rotatable bonds is 12. The van der Waals surface area contributed by atoms with Crippen LogP contribution in [-0.2, 0) is 6.54 Å². The van der Waals surface area contributed by atoms with Crippen LogP contribution in [0.25, 0.3) is 32.7 Å². The Morgan fingerprint density at radius 1 is 0.475 bits per heavy atom. The van der Waals surface area contributed by atoms with Crippen LogP contribution in [0.5, 0.6) is 11.5 Å². The molecule has 0 saturated carbocycles. The van der Waals surface area contributed by atoms with Gasteiger partial charge in [-0.1, -0.05) is 206 Å². The van der Waals surface area contributed by atoms with Gasteiger partial charge >= 0.3 is 0 Å². The summed E-state index contributed by atoms with van der Waals surface area (Å²) in [6.07, 6.45) is 0. The zero-order chi connectivity index (χ0) is 40.0. The average molecular weight is 802 g/mol. The lowest BCUT2D eigenvalue weighted by Crippen LogP contribution is -2.24. The maximum Gasteiger partial charge on any atom is 0.255 e. The summed E-state index contributed by atoms with van der Waals surface area (Å²) in [6, 6.07) is 72.6. The Hall–Kier alpha value is -6.57. The molecule has 0 fully saturated rings. The van der Waals surface area contributed by atoms with Crippen LogP contribution < -0.4 is 35.6 Å². The molecule has 59 heavy (non-hydrogen) atoms. The van der Waals surface area contributed by atoms with Crippen molar-refractivity contribution < 1.29 is 13.8 Å². The first-order valence-electron chi connectivity index (χ1n) is 19.7. The first kappa shape index (κ1) is 38.0. The van der Waals surface area contributed by atoms with Gasteiger partial charge in [0.1, 0.15) is 11.5 Å². The van der Waals surface area contributed by atoms with Gasteiger partial charge in [-0.05, 0) is 46.2 Å². The van der Waals surface area contributed by atoms with Crippen molar-refractivity contribution in [3.63, 3.8) is 0 Å². The highest BCUT2D eigenvalue weighted by Gasteiger charge is 2.30. The molecule has 0 radical (unpaired) electrons. The normalized spacial score (nSPS) is 11.2. The molecule has 0 saturated heterocycles. The van der Waals surface area contributed by atoms with Gasteiger partial charge < -0.3 is 14.4 Å². The largest absolute Gasteiger partial charge is 0.464 e. The van der Waals surface area contributed by atoms with E-state index in [9.17, 15) is 4.79 Å². The molecule has 1 amide bonds. The molecular formula is C53H41NO3P2. The molecule has 9 rings (SSSR count). The van der Waals surface area contributed by atoms with Crippen molar-refractivity contribution in [3.05, 3.63) is 229 Å². The Bertz CT molecular complexity index is 2770. The number of carbonyl (C=O) groups excluding carboxylic acids is 1. The van der Waals surface area contributed by atoms with E-state index in [-0.39, 0.29) is 5.91 Å². The number of fused-ring (bicyclic) bond motifs is 2. The van der Waals surface area contributed by atoms with Crippen molar-refractivity contribution >= 4 is 65.0 Å². The fourth-order valence-electron chi connectivity index (χ4n) is 7.36. The van der Waals surface area contributed by atoms with Crippen molar-refractivity contribution in [1.82, 2.24) is 5.32 Å². The topological polar surface area (TPSA) is 47.6 Å². The zero-order valence-electron chi connectivity index (χ0n) is 32.5. The van der Waals surface area contributed by atoms with Gasteiger partial charge in [0.25, 0.3) is 5.91 Å². The van der Waals surface area contributed by atoms with Gasteiger partial charge in [0.15, 0.2) is 16.3 Å². The summed E-state index contributed by atoms with van der Waals surface area (Å²) in [4.78, 5) is 14.9. The van der Waals surface area contributed by atoms with Gasteiger partial charge in [-0.15, -0.1) is 0 Å². The number of carbonyl (C=O) groups is 1. The van der Waals surface area contributed by atoms with E-state index in [4.69, 9.17) is 9.05 Å². The Morgan fingerprint density at radius 3 is 1.47 bits per heavy atom. The number of benzene rings is 9. The molecule has 4 nitrogen and oxygen atoms in total. The second-order valence-corrected chi connectivity index (χ2v) is 17.9. The Kier molecular flexibility index (Phi) is 11.3. The van der Waals surface area contributed by atoms with Gasteiger partial charge in [-0.25, -0.2) is 0 Å². The maximum atomic E-state index is 14.9. The van der Waals surface area contributed by atoms with Crippen molar-refractivity contribution in [2.24, 2.45) is 0 Å². The smallest absolute Gasteiger partial charge is 0.255 e. The van der Waals surface area contributed by atoms with Gasteiger partial charge in [-0.2, -0.15) is 0 Å². The molecule has 0 aromatic heterocycles. The summed E-state index contributed by atoms with van der Waals surface area (Å²) in [5.74, 6) is 0.995. The molecule has 0 aliphatic rings. The maximum absolute atomic E-state index is 14.9. The number of hydrogen-bond donors (Lipinski definition) is 1. The molecule has 0 aliphatic heterocycles. The van der Waals surface area contributed by atoms with Crippen molar-refractivity contribution in [3.8, 4) is 22.6 Å². The number of amides is 1. The van der Waals surface area contributed by atoms with E-state index in [0.29, 0.717) is 23.6 Å². The minimum Gasteiger partial charge on any atom is -0.464 e. The molecule has 9 aromatic rings. The molecule has 9 aromatic carbocycles. The van der Waals surface area contributed by atoms with E-state index >= 15 is 0 Å². The molecule has 0 bridgehead atoms.